The summed E-state index contributed by atoms with van der Waals surface area (Å²) in [6.45, 7) is 2.66. The Labute approximate surface area is 181 Å². The number of carboxylic acid groups (broad SMARTS) is 1. The molecule has 0 aliphatic rings. The van der Waals surface area contributed by atoms with Crippen LogP contribution < -0.4 is 0 Å². The predicted octanol–water partition coefficient (Wildman–Crippen LogP) is 4.37. The molecule has 2 N–H and O–H groups in total. The van der Waals surface area contributed by atoms with E-state index in [-0.39, 0.29) is 13.2 Å². The molecule has 178 valence electrons. The summed E-state index contributed by atoms with van der Waals surface area (Å²) < 4.78 is 41.0. The van der Waals surface area contributed by atoms with Crippen LogP contribution in [0.15, 0.2) is 0 Å². The molecule has 1 unspecified atom stereocenters. The fraction of sp³-hybridized carbons (Fsp3) is 0.905. The number of ether oxygens (including phenoxy) is 2. The van der Waals surface area contributed by atoms with Gasteiger partial charge in [0.05, 0.1) is 13.0 Å². The first kappa shape index (κ1) is 28.8. The summed E-state index contributed by atoms with van der Waals surface area (Å²) in [6.07, 6.45) is 15.3. The maximum Gasteiger partial charge on any atom is 0.327 e. The molecule has 0 radical (unpaired) electrons. The van der Waals surface area contributed by atoms with E-state index in [2.05, 4.69) is 11.7 Å². The van der Waals surface area contributed by atoms with Gasteiger partial charge in [0.15, 0.2) is 5.25 Å². The molecule has 0 saturated heterocycles. The maximum absolute atomic E-state index is 11.6. The van der Waals surface area contributed by atoms with Crippen LogP contribution in [0.25, 0.3) is 0 Å². The fourth-order valence-electron chi connectivity index (χ4n) is 3.09. The van der Waals surface area contributed by atoms with Gasteiger partial charge in [0.1, 0.15) is 6.61 Å². The summed E-state index contributed by atoms with van der Waals surface area (Å²) in [7, 11) is -4.83. The minimum Gasteiger partial charge on any atom is -0.481 e. The standard InChI is InChI=1S/C21H40O8S/c1-2-3-4-5-6-7-8-9-10-11-12-13-14-15-28-16-17-29-21(24)19(18-20(22)23)30(25,26)27/h19H,2-18H2,1H3,(H,22,23)(H,25,26,27). The molecule has 0 aromatic heterocycles. The van der Waals surface area contributed by atoms with Crippen molar-refractivity contribution in [1.82, 2.24) is 0 Å². The highest BCUT2D eigenvalue weighted by Gasteiger charge is 2.34. The molecule has 0 saturated carbocycles. The van der Waals surface area contributed by atoms with E-state index < -0.39 is 33.7 Å². The number of hydrogen-bond acceptors (Lipinski definition) is 6. The molecule has 0 aliphatic heterocycles. The highest BCUT2D eigenvalue weighted by molar-refractivity contribution is 7.87. The molecular weight excluding hydrogens is 412 g/mol. The molecule has 0 spiro atoms. The first-order valence-electron chi connectivity index (χ1n) is 11.2. The van der Waals surface area contributed by atoms with Gasteiger partial charge in [-0.15, -0.1) is 0 Å². The summed E-state index contributed by atoms with van der Waals surface area (Å²) in [4.78, 5) is 22.2. The van der Waals surface area contributed by atoms with Gasteiger partial charge in [-0.1, -0.05) is 84.0 Å². The minimum atomic E-state index is -4.83. The summed E-state index contributed by atoms with van der Waals surface area (Å²) in [6, 6.07) is 0. The van der Waals surface area contributed by atoms with E-state index >= 15 is 0 Å². The molecule has 0 aliphatic carbocycles. The quantitative estimate of drug-likeness (QED) is 0.149. The SMILES string of the molecule is CCCCCCCCCCCCCCCOCCOC(=O)C(CC(=O)O)S(=O)(=O)O. The number of carbonyl (C=O) groups excluding carboxylic acids is 1. The Kier molecular flexibility index (Phi) is 17.8. The van der Waals surface area contributed by atoms with Gasteiger partial charge in [0, 0.05) is 6.61 Å². The topological polar surface area (TPSA) is 127 Å². The zero-order valence-corrected chi connectivity index (χ0v) is 19.2. The van der Waals surface area contributed by atoms with Gasteiger partial charge in [-0.25, -0.2) is 0 Å². The van der Waals surface area contributed by atoms with Crippen molar-refractivity contribution in [3.05, 3.63) is 0 Å². The minimum absolute atomic E-state index is 0.0925. The van der Waals surface area contributed by atoms with E-state index in [4.69, 9.17) is 14.4 Å². The van der Waals surface area contributed by atoms with E-state index in [0.29, 0.717) is 6.61 Å². The molecule has 0 aromatic rings. The van der Waals surface area contributed by atoms with Gasteiger partial charge in [-0.2, -0.15) is 8.42 Å². The molecule has 0 amide bonds. The van der Waals surface area contributed by atoms with Crippen LogP contribution in [0.1, 0.15) is 96.8 Å². The van der Waals surface area contributed by atoms with Crippen LogP contribution in [-0.4, -0.2) is 55.1 Å². The van der Waals surface area contributed by atoms with Crippen molar-refractivity contribution in [3.63, 3.8) is 0 Å². The lowest BCUT2D eigenvalue weighted by Gasteiger charge is -2.11. The lowest BCUT2D eigenvalue weighted by Crippen LogP contribution is -2.34. The molecule has 0 bridgehead atoms. The Bertz CT molecular complexity index is 547. The lowest BCUT2D eigenvalue weighted by molar-refractivity contribution is -0.148. The van der Waals surface area contributed by atoms with Crippen molar-refractivity contribution in [2.45, 2.75) is 102 Å². The van der Waals surface area contributed by atoms with Gasteiger partial charge < -0.3 is 14.6 Å². The van der Waals surface area contributed by atoms with Crippen molar-refractivity contribution in [3.8, 4) is 0 Å². The second-order valence-electron chi connectivity index (χ2n) is 7.62. The predicted molar refractivity (Wildman–Crippen MR) is 115 cm³/mol. The molecule has 0 rings (SSSR count). The smallest absolute Gasteiger partial charge is 0.327 e. The molecule has 1 atom stereocenters. The van der Waals surface area contributed by atoms with Crippen LogP contribution in [0.5, 0.6) is 0 Å². The van der Waals surface area contributed by atoms with Crippen LogP contribution in [0, 0.1) is 0 Å². The normalized spacial score (nSPS) is 12.6. The first-order valence-corrected chi connectivity index (χ1v) is 12.7. The summed E-state index contributed by atoms with van der Waals surface area (Å²) >= 11 is 0. The van der Waals surface area contributed by atoms with Crippen molar-refractivity contribution in [2.75, 3.05) is 19.8 Å². The Morgan fingerprint density at radius 2 is 1.23 bits per heavy atom. The third-order valence-corrected chi connectivity index (χ3v) is 5.92. The third-order valence-electron chi connectivity index (χ3n) is 4.85. The molecular formula is C21H40O8S. The highest BCUT2D eigenvalue weighted by Crippen LogP contribution is 2.12. The molecule has 30 heavy (non-hydrogen) atoms. The average molecular weight is 453 g/mol. The number of rotatable bonds is 21. The van der Waals surface area contributed by atoms with E-state index in [1.54, 1.807) is 0 Å². The van der Waals surface area contributed by atoms with Gasteiger partial charge in [-0.05, 0) is 6.42 Å². The van der Waals surface area contributed by atoms with Gasteiger partial charge in [0.2, 0.25) is 0 Å². The Hall–Kier alpha value is -1.19. The van der Waals surface area contributed by atoms with Crippen molar-refractivity contribution in [1.29, 1.82) is 0 Å². The average Bonchev–Trinajstić information content (AvgIpc) is 2.67. The number of hydrogen-bond donors (Lipinski definition) is 2. The summed E-state index contributed by atoms with van der Waals surface area (Å²) in [5, 5.41) is 6.49. The zero-order valence-electron chi connectivity index (χ0n) is 18.4. The Morgan fingerprint density at radius 1 is 0.767 bits per heavy atom. The molecule has 0 fully saturated rings. The number of unbranched alkanes of at least 4 members (excludes halogenated alkanes) is 12. The molecule has 0 heterocycles. The van der Waals surface area contributed by atoms with Crippen LogP contribution in [0.3, 0.4) is 0 Å². The van der Waals surface area contributed by atoms with Gasteiger partial charge in [-0.3, -0.25) is 14.1 Å². The van der Waals surface area contributed by atoms with Crippen molar-refractivity contribution < 1.29 is 37.1 Å². The fourth-order valence-corrected chi connectivity index (χ4v) is 3.75. The van der Waals surface area contributed by atoms with E-state index in [0.717, 1.165) is 12.8 Å². The number of carboxylic acids is 1. The van der Waals surface area contributed by atoms with E-state index in [1.807, 2.05) is 0 Å². The van der Waals surface area contributed by atoms with E-state index in [9.17, 15) is 18.0 Å². The third kappa shape index (κ3) is 17.7. The van der Waals surface area contributed by atoms with E-state index in [1.165, 1.54) is 70.6 Å². The maximum atomic E-state index is 11.6. The van der Waals surface area contributed by atoms with Crippen LogP contribution in [0.2, 0.25) is 0 Å². The largest absolute Gasteiger partial charge is 0.481 e. The van der Waals surface area contributed by atoms with Gasteiger partial charge >= 0.3 is 11.9 Å². The van der Waals surface area contributed by atoms with Crippen molar-refractivity contribution in [2.24, 2.45) is 0 Å². The zero-order chi connectivity index (χ0) is 22.7. The van der Waals surface area contributed by atoms with Gasteiger partial charge in [0.25, 0.3) is 10.1 Å². The summed E-state index contributed by atoms with van der Waals surface area (Å²) in [5.41, 5.74) is 0. The first-order chi connectivity index (χ1) is 14.3. The monoisotopic (exact) mass is 452 g/mol. The molecule has 8 nitrogen and oxygen atoms in total. The number of esters is 1. The van der Waals surface area contributed by atoms with Crippen LogP contribution >= 0.6 is 0 Å². The lowest BCUT2D eigenvalue weighted by atomic mass is 10.0. The number of aliphatic carboxylic acids is 1. The number of carbonyl (C=O) groups is 2. The highest BCUT2D eigenvalue weighted by atomic mass is 32.2. The van der Waals surface area contributed by atoms with Crippen LogP contribution in [-0.2, 0) is 29.2 Å². The second kappa shape index (κ2) is 18.6. The summed E-state index contributed by atoms with van der Waals surface area (Å²) in [5.74, 6) is -2.81. The Balaban J connectivity index is 3.49. The van der Waals surface area contributed by atoms with Crippen LogP contribution in [0.4, 0.5) is 0 Å². The Morgan fingerprint density at radius 3 is 1.67 bits per heavy atom. The molecule has 9 heteroatoms. The molecule has 0 aromatic carbocycles. The van der Waals surface area contributed by atoms with Crippen molar-refractivity contribution >= 4 is 22.1 Å². The second-order valence-corrected chi connectivity index (χ2v) is 9.22.